The van der Waals surface area contributed by atoms with Crippen molar-refractivity contribution in [2.24, 2.45) is 0 Å². The molecule has 4 nitrogen and oxygen atoms in total. The third-order valence-electron chi connectivity index (χ3n) is 3.08. The number of halogens is 1. The molecule has 3 aromatic rings. The maximum atomic E-state index is 6.05. The third kappa shape index (κ3) is 2.15. The van der Waals surface area contributed by atoms with Crippen molar-refractivity contribution in [1.29, 1.82) is 0 Å². The van der Waals surface area contributed by atoms with Gasteiger partial charge < -0.3 is 5.73 Å². The molecule has 0 aliphatic carbocycles. The second kappa shape index (κ2) is 4.61. The second-order valence-electron chi connectivity index (χ2n) is 4.46. The van der Waals surface area contributed by atoms with E-state index in [4.69, 9.17) is 5.73 Å². The summed E-state index contributed by atoms with van der Waals surface area (Å²) in [5, 5.41) is 0. The number of thiophene rings is 1. The van der Waals surface area contributed by atoms with Gasteiger partial charge in [-0.25, -0.2) is 9.97 Å². The summed E-state index contributed by atoms with van der Waals surface area (Å²) in [6.07, 6.45) is 1.77. The normalized spacial score (nSPS) is 13.0. The third-order valence-corrected chi connectivity index (χ3v) is 4.69. The Morgan fingerprint density at radius 3 is 2.89 bits per heavy atom. The number of fused-ring (bicyclic) bond motifs is 1. The van der Waals surface area contributed by atoms with Gasteiger partial charge in [-0.1, -0.05) is 0 Å². The summed E-state index contributed by atoms with van der Waals surface area (Å²) in [4.78, 5) is 11.4. The van der Waals surface area contributed by atoms with Gasteiger partial charge in [-0.05, 0) is 48.0 Å². The maximum absolute atomic E-state index is 6.05. The number of rotatable bonds is 2. The molecule has 0 spiro atoms. The van der Waals surface area contributed by atoms with Crippen LogP contribution in [-0.2, 0) is 0 Å². The molecular formula is C13H13BrN4S. The number of aryl methyl sites for hydroxylation is 1. The monoisotopic (exact) mass is 336 g/mol. The average molecular weight is 337 g/mol. The first kappa shape index (κ1) is 12.6. The van der Waals surface area contributed by atoms with E-state index in [1.807, 2.05) is 10.6 Å². The standard InChI is InChI=1S/C13H13BrN4S/c1-7-3-4-11(19-7)8(2)18-12-10(17-13(18)15)5-9(14)6-16-12/h3-6,8H,1-2H3,(H2,15,17). The minimum absolute atomic E-state index is 0.136. The van der Waals surface area contributed by atoms with E-state index >= 15 is 0 Å². The zero-order chi connectivity index (χ0) is 13.6. The maximum Gasteiger partial charge on any atom is 0.203 e. The summed E-state index contributed by atoms with van der Waals surface area (Å²) in [5.74, 6) is 0.499. The van der Waals surface area contributed by atoms with Crippen LogP contribution in [-0.4, -0.2) is 14.5 Å². The highest BCUT2D eigenvalue weighted by Gasteiger charge is 2.17. The summed E-state index contributed by atoms with van der Waals surface area (Å²) in [7, 11) is 0. The Hall–Kier alpha value is -1.40. The van der Waals surface area contributed by atoms with Crippen LogP contribution in [0.1, 0.15) is 22.7 Å². The molecule has 0 saturated carbocycles. The predicted octanol–water partition coefficient (Wildman–Crippen LogP) is 3.76. The van der Waals surface area contributed by atoms with Gasteiger partial charge in [0.05, 0.1) is 6.04 Å². The summed E-state index contributed by atoms with van der Waals surface area (Å²) in [6, 6.07) is 6.32. The van der Waals surface area contributed by atoms with Crippen LogP contribution >= 0.6 is 27.3 Å². The highest BCUT2D eigenvalue weighted by atomic mass is 79.9. The zero-order valence-corrected chi connectivity index (χ0v) is 13.0. The van der Waals surface area contributed by atoms with Gasteiger partial charge in [0.2, 0.25) is 5.95 Å². The largest absolute Gasteiger partial charge is 0.369 e. The molecule has 19 heavy (non-hydrogen) atoms. The minimum atomic E-state index is 0.136. The molecule has 0 aromatic carbocycles. The van der Waals surface area contributed by atoms with Crippen molar-refractivity contribution in [2.45, 2.75) is 19.9 Å². The summed E-state index contributed by atoms with van der Waals surface area (Å²) in [6.45, 7) is 4.22. The van der Waals surface area contributed by atoms with Crippen LogP contribution < -0.4 is 5.73 Å². The lowest BCUT2D eigenvalue weighted by atomic mass is 10.2. The fourth-order valence-electron chi connectivity index (χ4n) is 2.16. The molecule has 0 bridgehead atoms. The zero-order valence-electron chi connectivity index (χ0n) is 10.6. The molecule has 0 radical (unpaired) electrons. The van der Waals surface area contributed by atoms with Crippen LogP contribution in [0, 0.1) is 6.92 Å². The minimum Gasteiger partial charge on any atom is -0.369 e. The number of aromatic nitrogens is 3. The van der Waals surface area contributed by atoms with Crippen molar-refractivity contribution in [1.82, 2.24) is 14.5 Å². The molecule has 3 rings (SSSR count). The van der Waals surface area contributed by atoms with Gasteiger partial charge in [0.1, 0.15) is 5.52 Å². The Balaban J connectivity index is 2.16. The lowest BCUT2D eigenvalue weighted by Gasteiger charge is -2.13. The van der Waals surface area contributed by atoms with Crippen LogP contribution in [0.4, 0.5) is 5.95 Å². The van der Waals surface area contributed by atoms with E-state index in [-0.39, 0.29) is 6.04 Å². The predicted molar refractivity (Wildman–Crippen MR) is 82.5 cm³/mol. The Labute approximate surface area is 123 Å². The van der Waals surface area contributed by atoms with E-state index in [0.717, 1.165) is 15.6 Å². The number of hydrogen-bond acceptors (Lipinski definition) is 4. The van der Waals surface area contributed by atoms with E-state index in [1.54, 1.807) is 17.5 Å². The first-order chi connectivity index (χ1) is 9.06. The van der Waals surface area contributed by atoms with Crippen molar-refractivity contribution >= 4 is 44.4 Å². The summed E-state index contributed by atoms with van der Waals surface area (Å²) < 4.78 is 2.89. The first-order valence-electron chi connectivity index (χ1n) is 5.91. The van der Waals surface area contributed by atoms with E-state index < -0.39 is 0 Å². The number of hydrogen-bond donors (Lipinski definition) is 1. The lowest BCUT2D eigenvalue weighted by Crippen LogP contribution is -2.09. The van der Waals surface area contributed by atoms with Crippen LogP contribution in [0.2, 0.25) is 0 Å². The Bertz CT molecular complexity index is 746. The Kier molecular flexibility index (Phi) is 3.06. The van der Waals surface area contributed by atoms with Crippen molar-refractivity contribution in [3.05, 3.63) is 38.6 Å². The lowest BCUT2D eigenvalue weighted by molar-refractivity contribution is 0.674. The van der Waals surface area contributed by atoms with Gasteiger partial charge in [-0.15, -0.1) is 11.3 Å². The highest BCUT2D eigenvalue weighted by molar-refractivity contribution is 9.10. The number of nitrogens with zero attached hydrogens (tertiary/aromatic N) is 3. The average Bonchev–Trinajstić information content (AvgIpc) is 2.91. The van der Waals surface area contributed by atoms with Crippen LogP contribution in [0.5, 0.6) is 0 Å². The molecule has 3 heterocycles. The molecule has 0 saturated heterocycles. The van der Waals surface area contributed by atoms with Gasteiger partial charge in [-0.3, -0.25) is 4.57 Å². The van der Waals surface area contributed by atoms with Crippen molar-refractivity contribution < 1.29 is 0 Å². The number of anilines is 1. The number of nitrogen functional groups attached to an aromatic ring is 1. The molecule has 98 valence electrons. The van der Waals surface area contributed by atoms with Gasteiger partial charge in [0, 0.05) is 20.4 Å². The van der Waals surface area contributed by atoms with Crippen molar-refractivity contribution in [3.63, 3.8) is 0 Å². The number of imidazole rings is 1. The molecule has 6 heteroatoms. The van der Waals surface area contributed by atoms with E-state index in [9.17, 15) is 0 Å². The second-order valence-corrected chi connectivity index (χ2v) is 6.70. The van der Waals surface area contributed by atoms with Gasteiger partial charge in [0.15, 0.2) is 5.65 Å². The molecule has 1 atom stereocenters. The molecule has 1 unspecified atom stereocenters. The number of pyridine rings is 1. The topological polar surface area (TPSA) is 56.7 Å². The first-order valence-corrected chi connectivity index (χ1v) is 7.52. The summed E-state index contributed by atoms with van der Waals surface area (Å²) >= 11 is 5.17. The SMILES string of the molecule is Cc1ccc(C(C)n2c(N)nc3cc(Br)cnc32)s1. The molecule has 3 aromatic heterocycles. The molecule has 0 aliphatic rings. The smallest absolute Gasteiger partial charge is 0.203 e. The Morgan fingerprint density at radius 2 is 2.21 bits per heavy atom. The Morgan fingerprint density at radius 1 is 1.42 bits per heavy atom. The van der Waals surface area contributed by atoms with Gasteiger partial charge in [0.25, 0.3) is 0 Å². The fourth-order valence-corrected chi connectivity index (χ4v) is 3.40. The highest BCUT2D eigenvalue weighted by Crippen LogP contribution is 2.30. The van der Waals surface area contributed by atoms with Crippen LogP contribution in [0.25, 0.3) is 11.2 Å². The van der Waals surface area contributed by atoms with Crippen LogP contribution in [0.3, 0.4) is 0 Å². The van der Waals surface area contributed by atoms with Crippen molar-refractivity contribution in [3.8, 4) is 0 Å². The number of nitrogens with two attached hydrogens (primary N) is 1. The van der Waals surface area contributed by atoms with E-state index in [0.29, 0.717) is 5.95 Å². The summed E-state index contributed by atoms with van der Waals surface area (Å²) in [5.41, 5.74) is 7.68. The quantitative estimate of drug-likeness (QED) is 0.775. The van der Waals surface area contributed by atoms with Crippen LogP contribution in [0.15, 0.2) is 28.9 Å². The van der Waals surface area contributed by atoms with Gasteiger partial charge in [-0.2, -0.15) is 0 Å². The molecule has 0 fully saturated rings. The molecule has 0 aliphatic heterocycles. The van der Waals surface area contributed by atoms with Crippen molar-refractivity contribution in [2.75, 3.05) is 5.73 Å². The van der Waals surface area contributed by atoms with Gasteiger partial charge >= 0.3 is 0 Å². The van der Waals surface area contributed by atoms with E-state index in [1.165, 1.54) is 9.75 Å². The molecule has 0 amide bonds. The molecule has 2 N–H and O–H groups in total. The molecular weight excluding hydrogens is 324 g/mol. The van der Waals surface area contributed by atoms with E-state index in [2.05, 4.69) is 51.9 Å². The fraction of sp³-hybridized carbons (Fsp3) is 0.231.